The Labute approximate surface area is 211 Å². The normalized spacial score (nSPS) is 20.3. The molecule has 2 aromatic carbocycles. The maximum atomic E-state index is 13.5. The fourth-order valence-corrected chi connectivity index (χ4v) is 6.32. The summed E-state index contributed by atoms with van der Waals surface area (Å²) < 4.78 is 0. The Bertz CT molecular complexity index is 1140. The molecule has 1 atom stereocenters. The molecule has 35 heavy (non-hydrogen) atoms. The highest BCUT2D eigenvalue weighted by Gasteiger charge is 2.41. The van der Waals surface area contributed by atoms with Gasteiger partial charge in [-0.1, -0.05) is 24.3 Å². The number of hydrogen-bond acceptors (Lipinski definition) is 5. The zero-order chi connectivity index (χ0) is 24.5. The Morgan fingerprint density at radius 1 is 0.886 bits per heavy atom. The van der Waals surface area contributed by atoms with Crippen LogP contribution < -0.4 is 9.80 Å². The number of aryl methyl sites for hydroxylation is 2. The Morgan fingerprint density at radius 3 is 2.34 bits per heavy atom. The molecule has 5 rings (SSSR count). The fraction of sp³-hybridized carbons (Fsp3) is 0.444. The molecule has 2 fully saturated rings. The van der Waals surface area contributed by atoms with Gasteiger partial charge in [0.25, 0.3) is 5.91 Å². The van der Waals surface area contributed by atoms with Gasteiger partial charge >= 0.3 is 0 Å². The minimum Gasteiger partial charge on any atom is -0.368 e. The molecule has 3 heterocycles. The molecule has 3 aliphatic heterocycles. The van der Waals surface area contributed by atoms with Crippen LogP contribution in [0.1, 0.15) is 24.0 Å². The van der Waals surface area contributed by atoms with Crippen molar-refractivity contribution in [3.05, 3.63) is 53.6 Å². The Hall–Kier alpha value is -3.00. The monoisotopic (exact) mass is 492 g/mol. The van der Waals surface area contributed by atoms with Gasteiger partial charge in [-0.05, 0) is 56.0 Å². The van der Waals surface area contributed by atoms with E-state index < -0.39 is 5.25 Å². The number of para-hydroxylation sites is 1. The van der Waals surface area contributed by atoms with Gasteiger partial charge in [-0.3, -0.25) is 14.4 Å². The van der Waals surface area contributed by atoms with Crippen molar-refractivity contribution < 1.29 is 14.4 Å². The van der Waals surface area contributed by atoms with E-state index >= 15 is 0 Å². The van der Waals surface area contributed by atoms with Crippen LogP contribution in [0.25, 0.3) is 0 Å². The van der Waals surface area contributed by atoms with Crippen LogP contribution in [-0.2, 0) is 14.4 Å². The largest absolute Gasteiger partial charge is 0.368 e. The summed E-state index contributed by atoms with van der Waals surface area (Å²) in [5, 5.41) is -0.822. The minimum atomic E-state index is -0.822. The lowest BCUT2D eigenvalue weighted by Gasteiger charge is -2.39. The summed E-state index contributed by atoms with van der Waals surface area (Å²) in [7, 11) is 0. The van der Waals surface area contributed by atoms with E-state index in [1.807, 2.05) is 29.2 Å². The van der Waals surface area contributed by atoms with Crippen LogP contribution in [0.4, 0.5) is 11.4 Å². The molecule has 7 nitrogen and oxygen atoms in total. The molecule has 0 bridgehead atoms. The number of nitrogens with zero attached hydrogens (tertiary/aromatic N) is 4. The first-order valence-electron chi connectivity index (χ1n) is 12.4. The van der Waals surface area contributed by atoms with Crippen molar-refractivity contribution in [3.63, 3.8) is 0 Å². The molecule has 8 heteroatoms. The van der Waals surface area contributed by atoms with Gasteiger partial charge in [0.1, 0.15) is 6.54 Å². The van der Waals surface area contributed by atoms with Crippen LogP contribution in [-0.4, -0.2) is 78.6 Å². The number of carbonyl (C=O) groups excluding carboxylic acids is 3. The van der Waals surface area contributed by atoms with Gasteiger partial charge in [0.05, 0.1) is 5.69 Å². The summed E-state index contributed by atoms with van der Waals surface area (Å²) in [6, 6.07) is 14.0. The number of piperazine rings is 1. The van der Waals surface area contributed by atoms with Crippen LogP contribution in [0.3, 0.4) is 0 Å². The van der Waals surface area contributed by atoms with Crippen LogP contribution in [0.2, 0.25) is 0 Å². The SMILES string of the molecule is Cc1ccc(C)c(N2CCN(C(=O)CN3C(=O)[C@@H](C(=O)N4CCCC4)Sc4ccccc43)CC2)c1. The number of carbonyl (C=O) groups is 3. The number of thioether (sulfide) groups is 1. The highest BCUT2D eigenvalue weighted by atomic mass is 32.2. The Balaban J connectivity index is 1.28. The average Bonchev–Trinajstić information content (AvgIpc) is 3.42. The summed E-state index contributed by atoms with van der Waals surface area (Å²) in [6.45, 7) is 8.31. The molecule has 184 valence electrons. The van der Waals surface area contributed by atoms with Gasteiger partial charge in [0, 0.05) is 49.9 Å². The predicted octanol–water partition coefficient (Wildman–Crippen LogP) is 3.08. The summed E-state index contributed by atoms with van der Waals surface area (Å²) in [5.41, 5.74) is 4.40. The molecule has 0 spiro atoms. The maximum Gasteiger partial charge on any atom is 0.250 e. The highest BCUT2D eigenvalue weighted by Crippen LogP contribution is 2.40. The second-order valence-corrected chi connectivity index (χ2v) is 10.7. The van der Waals surface area contributed by atoms with Crippen LogP contribution in [0, 0.1) is 13.8 Å². The Morgan fingerprint density at radius 2 is 1.60 bits per heavy atom. The van der Waals surface area contributed by atoms with E-state index in [1.165, 1.54) is 33.5 Å². The van der Waals surface area contributed by atoms with Gasteiger partial charge < -0.3 is 19.6 Å². The zero-order valence-electron chi connectivity index (χ0n) is 20.4. The minimum absolute atomic E-state index is 0.0380. The zero-order valence-corrected chi connectivity index (χ0v) is 21.2. The van der Waals surface area contributed by atoms with Gasteiger partial charge in [-0.15, -0.1) is 11.8 Å². The van der Waals surface area contributed by atoms with E-state index in [4.69, 9.17) is 0 Å². The number of rotatable bonds is 4. The first-order chi connectivity index (χ1) is 16.9. The quantitative estimate of drug-likeness (QED) is 0.614. The van der Waals surface area contributed by atoms with Gasteiger partial charge in [-0.2, -0.15) is 0 Å². The first-order valence-corrected chi connectivity index (χ1v) is 13.3. The van der Waals surface area contributed by atoms with E-state index in [0.29, 0.717) is 26.2 Å². The van der Waals surface area contributed by atoms with Crippen LogP contribution >= 0.6 is 11.8 Å². The third-order valence-electron chi connectivity index (χ3n) is 7.16. The second kappa shape index (κ2) is 9.93. The van der Waals surface area contributed by atoms with E-state index in [0.717, 1.165) is 36.5 Å². The number of hydrogen-bond donors (Lipinski definition) is 0. The molecular weight excluding hydrogens is 460 g/mol. The van der Waals surface area contributed by atoms with Crippen molar-refractivity contribution in [2.75, 3.05) is 55.6 Å². The molecule has 3 amide bonds. The third-order valence-corrected chi connectivity index (χ3v) is 8.40. The highest BCUT2D eigenvalue weighted by molar-refractivity contribution is 8.01. The van der Waals surface area contributed by atoms with Crippen molar-refractivity contribution in [1.29, 1.82) is 0 Å². The van der Waals surface area contributed by atoms with Gasteiger partial charge in [0.2, 0.25) is 11.8 Å². The topological polar surface area (TPSA) is 64.2 Å². The first kappa shape index (κ1) is 23.7. The molecule has 2 saturated heterocycles. The van der Waals surface area contributed by atoms with E-state index in [1.54, 1.807) is 4.90 Å². The van der Waals surface area contributed by atoms with E-state index in [9.17, 15) is 14.4 Å². The molecule has 0 radical (unpaired) electrons. The number of likely N-dealkylation sites (tertiary alicyclic amines) is 1. The van der Waals surface area contributed by atoms with Crippen molar-refractivity contribution in [1.82, 2.24) is 9.80 Å². The molecule has 2 aromatic rings. The lowest BCUT2D eigenvalue weighted by atomic mass is 10.1. The number of benzene rings is 2. The second-order valence-electron chi connectivity index (χ2n) is 9.58. The molecule has 0 saturated carbocycles. The summed E-state index contributed by atoms with van der Waals surface area (Å²) in [5.74, 6) is -0.493. The lowest BCUT2D eigenvalue weighted by molar-refractivity contribution is -0.135. The standard InChI is InChI=1S/C27H32N4O3S/c1-19-9-10-20(2)22(17-19)28-13-15-29(16-14-28)24(32)18-31-21-7-3-4-8-23(21)35-25(27(31)34)26(33)30-11-5-6-12-30/h3-4,7-10,17,25H,5-6,11-16,18H2,1-2H3/t25-/m1/s1. The van der Waals surface area contributed by atoms with Gasteiger partial charge in [0.15, 0.2) is 5.25 Å². The third kappa shape index (κ3) is 4.76. The van der Waals surface area contributed by atoms with Crippen molar-refractivity contribution >= 4 is 40.9 Å². The van der Waals surface area contributed by atoms with Crippen molar-refractivity contribution in [3.8, 4) is 0 Å². The summed E-state index contributed by atoms with van der Waals surface area (Å²) in [4.78, 5) is 48.3. The summed E-state index contributed by atoms with van der Waals surface area (Å²) >= 11 is 1.31. The van der Waals surface area contributed by atoms with Crippen LogP contribution in [0.5, 0.6) is 0 Å². The number of anilines is 2. The van der Waals surface area contributed by atoms with Crippen LogP contribution in [0.15, 0.2) is 47.4 Å². The molecule has 3 aliphatic rings. The molecule has 0 aliphatic carbocycles. The summed E-state index contributed by atoms with van der Waals surface area (Å²) in [6.07, 6.45) is 1.95. The lowest BCUT2D eigenvalue weighted by Crippen LogP contribution is -2.55. The average molecular weight is 493 g/mol. The molecule has 0 N–H and O–H groups in total. The molecule has 0 unspecified atom stereocenters. The fourth-order valence-electron chi connectivity index (χ4n) is 5.13. The van der Waals surface area contributed by atoms with E-state index in [2.05, 4.69) is 36.9 Å². The smallest absolute Gasteiger partial charge is 0.250 e. The van der Waals surface area contributed by atoms with Gasteiger partial charge in [-0.25, -0.2) is 0 Å². The number of fused-ring (bicyclic) bond motifs is 1. The predicted molar refractivity (Wildman–Crippen MR) is 139 cm³/mol. The number of amides is 3. The van der Waals surface area contributed by atoms with Crippen molar-refractivity contribution in [2.24, 2.45) is 0 Å². The molecule has 0 aromatic heterocycles. The van der Waals surface area contributed by atoms with E-state index in [-0.39, 0.29) is 24.3 Å². The molecular formula is C27H32N4O3S. The van der Waals surface area contributed by atoms with Crippen molar-refractivity contribution in [2.45, 2.75) is 36.8 Å². The maximum absolute atomic E-state index is 13.5. The Kier molecular flexibility index (Phi) is 6.73.